The monoisotopic (exact) mass is 266 g/mol. The third kappa shape index (κ3) is 5.21. The summed E-state index contributed by atoms with van der Waals surface area (Å²) in [7, 11) is 3.43. The quantitative estimate of drug-likeness (QED) is 0.594. The molecule has 0 aliphatic rings. The number of methoxy groups -OCH3 is 1. The minimum absolute atomic E-state index is 0.215. The lowest BCUT2D eigenvalue weighted by Crippen LogP contribution is -2.28. The maximum absolute atomic E-state index is 11.2. The van der Waals surface area contributed by atoms with Crippen LogP contribution in [0.15, 0.2) is 12.4 Å². The number of esters is 1. The number of aromatic nitrogens is 2. The Bertz CT molecular complexity index is 392. The molecule has 0 saturated carbocycles. The van der Waals surface area contributed by atoms with Crippen molar-refractivity contribution in [2.24, 2.45) is 0 Å². The van der Waals surface area contributed by atoms with Crippen LogP contribution in [-0.4, -0.2) is 54.1 Å². The Morgan fingerprint density at radius 1 is 1.42 bits per heavy atom. The molecule has 106 valence electrons. The number of nitrogens with zero attached hydrogens (tertiary/aromatic N) is 3. The van der Waals surface area contributed by atoms with Crippen molar-refractivity contribution >= 4 is 11.8 Å². The van der Waals surface area contributed by atoms with Crippen molar-refractivity contribution in [2.75, 3.05) is 32.6 Å². The number of nitrogens with one attached hydrogen (secondary N) is 1. The summed E-state index contributed by atoms with van der Waals surface area (Å²) < 4.78 is 4.56. The van der Waals surface area contributed by atoms with E-state index in [1.54, 1.807) is 6.20 Å². The lowest BCUT2D eigenvalue weighted by molar-refractivity contribution is 0.0593. The van der Waals surface area contributed by atoms with Crippen molar-refractivity contribution < 1.29 is 9.53 Å². The molecule has 0 radical (unpaired) electrons. The maximum Gasteiger partial charge on any atom is 0.358 e. The first-order valence-corrected chi connectivity index (χ1v) is 6.39. The zero-order chi connectivity index (χ0) is 14.3. The Labute approximate surface area is 114 Å². The summed E-state index contributed by atoms with van der Waals surface area (Å²) in [5, 5.41) is 3.17. The van der Waals surface area contributed by atoms with E-state index in [2.05, 4.69) is 45.8 Å². The largest absolute Gasteiger partial charge is 0.464 e. The molecule has 0 amide bonds. The molecule has 0 aliphatic carbocycles. The summed E-state index contributed by atoms with van der Waals surface area (Å²) in [6.45, 7) is 6.19. The van der Waals surface area contributed by atoms with E-state index in [1.165, 1.54) is 13.3 Å². The van der Waals surface area contributed by atoms with Crippen LogP contribution in [-0.2, 0) is 4.74 Å². The second-order valence-electron chi connectivity index (χ2n) is 4.63. The van der Waals surface area contributed by atoms with Gasteiger partial charge < -0.3 is 15.0 Å². The Balaban J connectivity index is 2.32. The number of anilines is 1. The van der Waals surface area contributed by atoms with E-state index in [0.29, 0.717) is 11.9 Å². The lowest BCUT2D eigenvalue weighted by Gasteiger charge is -2.20. The van der Waals surface area contributed by atoms with Gasteiger partial charge in [-0.2, -0.15) is 0 Å². The van der Waals surface area contributed by atoms with Crippen LogP contribution >= 0.6 is 0 Å². The third-order valence-corrected chi connectivity index (χ3v) is 2.92. The minimum atomic E-state index is -0.474. The first-order chi connectivity index (χ1) is 9.04. The number of rotatable bonds is 7. The van der Waals surface area contributed by atoms with Gasteiger partial charge in [-0.15, -0.1) is 0 Å². The number of carbonyl (C=O) groups excluding carboxylic acids is 1. The van der Waals surface area contributed by atoms with Crippen LogP contribution < -0.4 is 5.32 Å². The fraction of sp³-hybridized carbons (Fsp3) is 0.615. The highest BCUT2D eigenvalue weighted by Crippen LogP contribution is 2.03. The van der Waals surface area contributed by atoms with Crippen molar-refractivity contribution in [3.63, 3.8) is 0 Å². The second-order valence-corrected chi connectivity index (χ2v) is 4.63. The van der Waals surface area contributed by atoms with E-state index in [4.69, 9.17) is 0 Å². The molecule has 1 aromatic heterocycles. The number of hydrogen-bond donors (Lipinski definition) is 1. The average molecular weight is 266 g/mol. The van der Waals surface area contributed by atoms with E-state index in [-0.39, 0.29) is 5.69 Å². The zero-order valence-electron chi connectivity index (χ0n) is 12.0. The van der Waals surface area contributed by atoms with Crippen molar-refractivity contribution in [1.82, 2.24) is 14.9 Å². The van der Waals surface area contributed by atoms with Gasteiger partial charge >= 0.3 is 5.97 Å². The smallest absolute Gasteiger partial charge is 0.358 e. The summed E-state index contributed by atoms with van der Waals surface area (Å²) >= 11 is 0. The Morgan fingerprint density at radius 2 is 2.16 bits per heavy atom. The van der Waals surface area contributed by atoms with Crippen LogP contribution in [0.1, 0.15) is 30.8 Å². The molecule has 1 rings (SSSR count). The van der Waals surface area contributed by atoms with Crippen molar-refractivity contribution in [1.29, 1.82) is 0 Å². The van der Waals surface area contributed by atoms with Crippen molar-refractivity contribution in [3.8, 4) is 0 Å². The fourth-order valence-corrected chi connectivity index (χ4v) is 1.43. The molecule has 0 fully saturated rings. The third-order valence-electron chi connectivity index (χ3n) is 2.92. The molecule has 1 aromatic rings. The first kappa shape index (κ1) is 15.4. The predicted molar refractivity (Wildman–Crippen MR) is 74.2 cm³/mol. The van der Waals surface area contributed by atoms with Gasteiger partial charge in [0.1, 0.15) is 5.82 Å². The zero-order valence-corrected chi connectivity index (χ0v) is 12.0. The SMILES string of the molecule is COC(=O)c1cnc(NCCCN(C)C(C)C)cn1. The molecule has 0 spiro atoms. The van der Waals surface area contributed by atoms with Crippen LogP contribution in [0.4, 0.5) is 5.82 Å². The van der Waals surface area contributed by atoms with Gasteiger partial charge in [0.2, 0.25) is 0 Å². The van der Waals surface area contributed by atoms with Gasteiger partial charge in [0.05, 0.1) is 19.5 Å². The van der Waals surface area contributed by atoms with Crippen LogP contribution in [0.25, 0.3) is 0 Å². The average Bonchev–Trinajstić information content (AvgIpc) is 2.43. The second kappa shape index (κ2) is 7.68. The molecule has 0 aromatic carbocycles. The molecule has 0 unspecified atom stereocenters. The van der Waals surface area contributed by atoms with Gasteiger partial charge in [0.25, 0.3) is 0 Å². The minimum Gasteiger partial charge on any atom is -0.464 e. The van der Waals surface area contributed by atoms with Gasteiger partial charge in [0, 0.05) is 12.6 Å². The Kier molecular flexibility index (Phi) is 6.21. The molecule has 0 bridgehead atoms. The molecular formula is C13H22N4O2. The highest BCUT2D eigenvalue weighted by Gasteiger charge is 2.07. The molecule has 1 N–H and O–H groups in total. The lowest BCUT2D eigenvalue weighted by atomic mass is 10.3. The van der Waals surface area contributed by atoms with Crippen LogP contribution in [0.2, 0.25) is 0 Å². The summed E-state index contributed by atoms with van der Waals surface area (Å²) in [6.07, 6.45) is 3.97. The van der Waals surface area contributed by atoms with Gasteiger partial charge in [-0.25, -0.2) is 14.8 Å². The highest BCUT2D eigenvalue weighted by atomic mass is 16.5. The van der Waals surface area contributed by atoms with Crippen molar-refractivity contribution in [3.05, 3.63) is 18.1 Å². The van der Waals surface area contributed by atoms with E-state index in [9.17, 15) is 4.79 Å². The Hall–Kier alpha value is -1.69. The van der Waals surface area contributed by atoms with Gasteiger partial charge in [-0.1, -0.05) is 0 Å². The van der Waals surface area contributed by atoms with Gasteiger partial charge in [-0.05, 0) is 33.9 Å². The molecule has 0 saturated heterocycles. The summed E-state index contributed by atoms with van der Waals surface area (Å²) in [6, 6.07) is 0.555. The van der Waals surface area contributed by atoms with E-state index in [0.717, 1.165) is 19.5 Å². The summed E-state index contributed by atoms with van der Waals surface area (Å²) in [4.78, 5) is 21.6. The number of hydrogen-bond acceptors (Lipinski definition) is 6. The fourth-order valence-electron chi connectivity index (χ4n) is 1.43. The summed E-state index contributed by atoms with van der Waals surface area (Å²) in [5.41, 5.74) is 0.215. The van der Waals surface area contributed by atoms with Gasteiger partial charge in [0.15, 0.2) is 5.69 Å². The molecule has 6 heteroatoms. The molecule has 6 nitrogen and oxygen atoms in total. The van der Waals surface area contributed by atoms with Gasteiger partial charge in [-0.3, -0.25) is 0 Å². The van der Waals surface area contributed by atoms with Crippen LogP contribution in [0, 0.1) is 0 Å². The van der Waals surface area contributed by atoms with Crippen molar-refractivity contribution in [2.45, 2.75) is 26.3 Å². The topological polar surface area (TPSA) is 67.3 Å². The molecule has 19 heavy (non-hydrogen) atoms. The predicted octanol–water partition coefficient (Wildman–Crippen LogP) is 1.41. The van der Waals surface area contributed by atoms with Crippen LogP contribution in [0.5, 0.6) is 0 Å². The first-order valence-electron chi connectivity index (χ1n) is 6.39. The molecule has 0 atom stereocenters. The maximum atomic E-state index is 11.2. The normalized spacial score (nSPS) is 10.8. The van der Waals surface area contributed by atoms with E-state index in [1.807, 2.05) is 0 Å². The molecule has 1 heterocycles. The molecular weight excluding hydrogens is 244 g/mol. The molecule has 0 aliphatic heterocycles. The number of ether oxygens (including phenoxy) is 1. The van der Waals surface area contributed by atoms with Crippen LogP contribution in [0.3, 0.4) is 0 Å². The summed E-state index contributed by atoms with van der Waals surface area (Å²) in [5.74, 6) is 0.192. The highest BCUT2D eigenvalue weighted by molar-refractivity contribution is 5.86. The Morgan fingerprint density at radius 3 is 2.68 bits per heavy atom. The van der Waals surface area contributed by atoms with E-state index >= 15 is 0 Å². The standard InChI is InChI=1S/C13H22N4O2/c1-10(2)17(3)7-5-6-14-12-9-15-11(8-16-12)13(18)19-4/h8-10H,5-7H2,1-4H3,(H,14,16). The number of carbonyl (C=O) groups is 1. The van der Waals surface area contributed by atoms with E-state index < -0.39 is 5.97 Å².